The molecule has 0 unspecified atom stereocenters. The van der Waals surface area contributed by atoms with E-state index in [0.29, 0.717) is 0 Å². The number of carbonyl (C=O) groups is 3. The molecule has 134 valence electrons. The van der Waals surface area contributed by atoms with Crippen molar-refractivity contribution in [2.75, 3.05) is 6.54 Å². The van der Waals surface area contributed by atoms with Crippen LogP contribution in [-0.2, 0) is 9.59 Å². The minimum absolute atomic E-state index is 0.00534. The molecule has 0 fully saturated rings. The first-order valence-corrected chi connectivity index (χ1v) is 7.90. The third-order valence-electron chi connectivity index (χ3n) is 3.30. The summed E-state index contributed by atoms with van der Waals surface area (Å²) >= 11 is 0. The number of carbonyl (C=O) groups excluding carboxylic acids is 3. The Kier molecular flexibility index (Phi) is 7.05. The van der Waals surface area contributed by atoms with Crippen LogP contribution in [0.15, 0.2) is 60.7 Å². The van der Waals surface area contributed by atoms with Gasteiger partial charge in [-0.15, -0.1) is 0 Å². The van der Waals surface area contributed by atoms with Crippen LogP contribution in [0.5, 0.6) is 0 Å². The zero-order valence-electron chi connectivity index (χ0n) is 13.9. The molecule has 0 radical (unpaired) electrons. The fourth-order valence-corrected chi connectivity index (χ4v) is 1.96. The lowest BCUT2D eigenvalue weighted by Crippen LogP contribution is -2.42. The quantitative estimate of drug-likeness (QED) is 0.545. The van der Waals surface area contributed by atoms with E-state index in [4.69, 9.17) is 0 Å². The Morgan fingerprint density at radius 2 is 1.62 bits per heavy atom. The van der Waals surface area contributed by atoms with Crippen molar-refractivity contribution in [3.05, 3.63) is 77.6 Å². The summed E-state index contributed by atoms with van der Waals surface area (Å²) in [5.41, 5.74) is 5.55. The molecule has 2 aromatic carbocycles. The van der Waals surface area contributed by atoms with Gasteiger partial charge in [-0.3, -0.25) is 25.2 Å². The van der Waals surface area contributed by atoms with Crippen molar-refractivity contribution in [1.29, 1.82) is 0 Å². The summed E-state index contributed by atoms with van der Waals surface area (Å²) in [4.78, 5) is 35.0. The third kappa shape index (κ3) is 6.56. The van der Waals surface area contributed by atoms with Crippen LogP contribution in [0.2, 0.25) is 0 Å². The molecule has 26 heavy (non-hydrogen) atoms. The standard InChI is InChI=1S/C19H18FN3O3/c20-16-9-7-15(8-10-16)19(26)23-22-18(25)12-13-21-17(24)11-6-14-4-2-1-3-5-14/h1-11H,12-13H2,(H,21,24)(H,22,25)(H,23,26)/b11-6+. The van der Waals surface area contributed by atoms with Crippen molar-refractivity contribution in [3.8, 4) is 0 Å². The van der Waals surface area contributed by atoms with E-state index in [1.165, 1.54) is 18.2 Å². The highest BCUT2D eigenvalue weighted by atomic mass is 19.1. The second-order valence-electron chi connectivity index (χ2n) is 5.29. The van der Waals surface area contributed by atoms with Crippen molar-refractivity contribution < 1.29 is 18.8 Å². The van der Waals surface area contributed by atoms with E-state index in [9.17, 15) is 18.8 Å². The first-order valence-electron chi connectivity index (χ1n) is 7.90. The molecule has 0 aliphatic rings. The van der Waals surface area contributed by atoms with Crippen LogP contribution >= 0.6 is 0 Å². The molecule has 3 N–H and O–H groups in total. The lowest BCUT2D eigenvalue weighted by molar-refractivity contribution is -0.122. The van der Waals surface area contributed by atoms with Gasteiger partial charge in [0.1, 0.15) is 5.82 Å². The molecule has 2 aromatic rings. The molecule has 2 rings (SSSR count). The Morgan fingerprint density at radius 3 is 2.31 bits per heavy atom. The summed E-state index contributed by atoms with van der Waals surface area (Å²) in [5, 5.41) is 2.57. The normalized spacial score (nSPS) is 10.3. The van der Waals surface area contributed by atoms with Gasteiger partial charge in [-0.25, -0.2) is 4.39 Å². The fourth-order valence-electron chi connectivity index (χ4n) is 1.96. The van der Waals surface area contributed by atoms with Crippen LogP contribution in [0.25, 0.3) is 6.08 Å². The van der Waals surface area contributed by atoms with Crippen molar-refractivity contribution in [2.24, 2.45) is 0 Å². The van der Waals surface area contributed by atoms with Crippen molar-refractivity contribution in [2.45, 2.75) is 6.42 Å². The van der Waals surface area contributed by atoms with Gasteiger partial charge in [0.15, 0.2) is 0 Å². The number of benzene rings is 2. The SMILES string of the molecule is O=C(/C=C/c1ccccc1)NCCC(=O)NNC(=O)c1ccc(F)cc1. The molecule has 0 atom stereocenters. The zero-order valence-corrected chi connectivity index (χ0v) is 13.9. The molecule has 0 saturated heterocycles. The van der Waals surface area contributed by atoms with Gasteiger partial charge in [0, 0.05) is 24.6 Å². The van der Waals surface area contributed by atoms with E-state index >= 15 is 0 Å². The van der Waals surface area contributed by atoms with Crippen LogP contribution in [-0.4, -0.2) is 24.3 Å². The highest BCUT2D eigenvalue weighted by molar-refractivity contribution is 5.95. The molecule has 7 heteroatoms. The van der Waals surface area contributed by atoms with E-state index in [-0.39, 0.29) is 24.4 Å². The number of rotatable bonds is 6. The average Bonchev–Trinajstić information content (AvgIpc) is 2.66. The number of halogens is 1. The summed E-state index contributed by atoms with van der Waals surface area (Å²) in [5.74, 6) is -1.80. The summed E-state index contributed by atoms with van der Waals surface area (Å²) in [6.45, 7) is 0.121. The molecular formula is C19H18FN3O3. The zero-order chi connectivity index (χ0) is 18.8. The van der Waals surface area contributed by atoms with Crippen LogP contribution < -0.4 is 16.2 Å². The van der Waals surface area contributed by atoms with Crippen molar-refractivity contribution in [1.82, 2.24) is 16.2 Å². The highest BCUT2D eigenvalue weighted by Crippen LogP contribution is 2.02. The van der Waals surface area contributed by atoms with E-state index < -0.39 is 17.6 Å². The Labute approximate surface area is 150 Å². The van der Waals surface area contributed by atoms with Gasteiger partial charge in [0.2, 0.25) is 11.8 Å². The molecular weight excluding hydrogens is 337 g/mol. The Bertz CT molecular complexity index is 789. The average molecular weight is 355 g/mol. The summed E-state index contributed by atoms with van der Waals surface area (Å²) in [7, 11) is 0. The maximum Gasteiger partial charge on any atom is 0.269 e. The van der Waals surface area contributed by atoms with Gasteiger partial charge in [0.05, 0.1) is 0 Å². The Hall–Kier alpha value is -3.48. The molecule has 0 aromatic heterocycles. The van der Waals surface area contributed by atoms with Crippen LogP contribution in [0.3, 0.4) is 0 Å². The van der Waals surface area contributed by atoms with Gasteiger partial charge in [0.25, 0.3) is 5.91 Å². The number of nitrogens with one attached hydrogen (secondary N) is 3. The second kappa shape index (κ2) is 9.73. The number of hydrogen-bond donors (Lipinski definition) is 3. The molecule has 0 bridgehead atoms. The van der Waals surface area contributed by atoms with Gasteiger partial charge in [-0.05, 0) is 35.9 Å². The predicted molar refractivity (Wildman–Crippen MR) is 95.1 cm³/mol. The monoisotopic (exact) mass is 355 g/mol. The number of hydrazine groups is 1. The van der Waals surface area contributed by atoms with E-state index in [1.807, 2.05) is 30.3 Å². The summed E-state index contributed by atoms with van der Waals surface area (Å²) in [6, 6.07) is 14.2. The van der Waals surface area contributed by atoms with Crippen molar-refractivity contribution in [3.63, 3.8) is 0 Å². The first kappa shape index (κ1) is 18.9. The van der Waals surface area contributed by atoms with Gasteiger partial charge < -0.3 is 5.32 Å². The third-order valence-corrected chi connectivity index (χ3v) is 3.30. The lowest BCUT2D eigenvalue weighted by atomic mass is 10.2. The van der Waals surface area contributed by atoms with Gasteiger partial charge >= 0.3 is 0 Å². The topological polar surface area (TPSA) is 87.3 Å². The second-order valence-corrected chi connectivity index (χ2v) is 5.29. The maximum atomic E-state index is 12.8. The summed E-state index contributed by atoms with van der Waals surface area (Å²) < 4.78 is 12.8. The molecule has 0 aliphatic carbocycles. The largest absolute Gasteiger partial charge is 0.352 e. The van der Waals surface area contributed by atoms with Crippen LogP contribution in [0.4, 0.5) is 4.39 Å². The smallest absolute Gasteiger partial charge is 0.269 e. The molecule has 0 spiro atoms. The molecule has 6 nitrogen and oxygen atoms in total. The van der Waals surface area contributed by atoms with E-state index in [1.54, 1.807) is 6.08 Å². The fraction of sp³-hybridized carbons (Fsp3) is 0.105. The van der Waals surface area contributed by atoms with E-state index in [2.05, 4.69) is 16.2 Å². The first-order chi connectivity index (χ1) is 12.5. The van der Waals surface area contributed by atoms with Crippen LogP contribution in [0.1, 0.15) is 22.3 Å². The molecule has 0 heterocycles. The molecule has 3 amide bonds. The minimum Gasteiger partial charge on any atom is -0.352 e. The maximum absolute atomic E-state index is 12.8. The Balaban J connectivity index is 1.65. The molecule has 0 saturated carbocycles. The van der Waals surface area contributed by atoms with Crippen molar-refractivity contribution >= 4 is 23.8 Å². The Morgan fingerprint density at radius 1 is 0.923 bits per heavy atom. The molecule has 0 aliphatic heterocycles. The predicted octanol–water partition coefficient (Wildman–Crippen LogP) is 1.81. The van der Waals surface area contributed by atoms with Gasteiger partial charge in [-0.2, -0.15) is 0 Å². The highest BCUT2D eigenvalue weighted by Gasteiger charge is 2.07. The number of hydrogen-bond acceptors (Lipinski definition) is 3. The van der Waals surface area contributed by atoms with E-state index in [0.717, 1.165) is 17.7 Å². The van der Waals surface area contributed by atoms with Crippen LogP contribution in [0, 0.1) is 5.82 Å². The minimum atomic E-state index is -0.562. The lowest BCUT2D eigenvalue weighted by Gasteiger charge is -2.07. The number of amides is 3. The van der Waals surface area contributed by atoms with Gasteiger partial charge in [-0.1, -0.05) is 30.3 Å². The summed E-state index contributed by atoms with van der Waals surface area (Å²) in [6.07, 6.45) is 3.04.